The van der Waals surface area contributed by atoms with Crippen LogP contribution in [0.4, 0.5) is 5.95 Å². The highest BCUT2D eigenvalue weighted by Gasteiger charge is 2.51. The van der Waals surface area contributed by atoms with Crippen LogP contribution >= 0.6 is 0 Å². The van der Waals surface area contributed by atoms with Gasteiger partial charge in [-0.15, -0.1) is 5.10 Å². The summed E-state index contributed by atoms with van der Waals surface area (Å²) in [6.45, 7) is 0. The van der Waals surface area contributed by atoms with E-state index in [9.17, 15) is 0 Å². The molecule has 1 aliphatic heterocycles. The van der Waals surface area contributed by atoms with E-state index in [0.29, 0.717) is 12.0 Å². The topological polar surface area (TPSA) is 52.0 Å². The Morgan fingerprint density at radius 3 is 2.58 bits per heavy atom. The molecule has 26 heavy (non-hydrogen) atoms. The smallest absolute Gasteiger partial charge is 0.222 e. The Bertz CT molecular complexity index is 776. The lowest BCUT2D eigenvalue weighted by atomic mass is 9.64. The molecule has 5 rings (SSSR count). The molecule has 3 aliphatic rings. The molecule has 138 valence electrons. The zero-order chi connectivity index (χ0) is 17.6. The van der Waals surface area contributed by atoms with Gasteiger partial charge in [0.05, 0.1) is 12.6 Å². The Hall–Kier alpha value is -2.04. The first-order valence-electron chi connectivity index (χ1n) is 10.2. The number of hydrogen-bond acceptors (Lipinski definition) is 4. The zero-order valence-electron chi connectivity index (χ0n) is 15.6. The van der Waals surface area contributed by atoms with Gasteiger partial charge < -0.3 is 10.1 Å². The SMILES string of the molecule is COc1ccc(-c2nc3n(n2)C2(CCCCC2)C2CCCCC2N3)cc1. The molecule has 1 aromatic carbocycles. The van der Waals surface area contributed by atoms with Crippen LogP contribution in [0.15, 0.2) is 24.3 Å². The van der Waals surface area contributed by atoms with E-state index in [1.807, 2.05) is 12.1 Å². The molecule has 2 aromatic rings. The van der Waals surface area contributed by atoms with E-state index < -0.39 is 0 Å². The summed E-state index contributed by atoms with van der Waals surface area (Å²) in [5, 5.41) is 8.79. The Labute approximate surface area is 155 Å². The second-order valence-corrected chi connectivity index (χ2v) is 8.21. The maximum Gasteiger partial charge on any atom is 0.222 e. The first kappa shape index (κ1) is 16.2. The summed E-state index contributed by atoms with van der Waals surface area (Å²) >= 11 is 0. The lowest BCUT2D eigenvalue weighted by Gasteiger charge is -2.52. The highest BCUT2D eigenvalue weighted by atomic mass is 16.5. The quantitative estimate of drug-likeness (QED) is 0.858. The maximum absolute atomic E-state index is 5.28. The van der Waals surface area contributed by atoms with Gasteiger partial charge in [0.1, 0.15) is 5.75 Å². The average Bonchev–Trinajstić information content (AvgIpc) is 3.14. The van der Waals surface area contributed by atoms with Gasteiger partial charge in [-0.05, 0) is 49.9 Å². The lowest BCUT2D eigenvalue weighted by molar-refractivity contribution is 0.0455. The van der Waals surface area contributed by atoms with Gasteiger partial charge >= 0.3 is 0 Å². The number of rotatable bonds is 2. The van der Waals surface area contributed by atoms with E-state index >= 15 is 0 Å². The van der Waals surface area contributed by atoms with E-state index in [1.165, 1.54) is 57.8 Å². The average molecular weight is 352 g/mol. The van der Waals surface area contributed by atoms with Crippen LogP contribution in [0.25, 0.3) is 11.4 Å². The van der Waals surface area contributed by atoms with Crippen molar-refractivity contribution in [3.05, 3.63) is 24.3 Å². The molecule has 0 bridgehead atoms. The molecule has 2 heterocycles. The second-order valence-electron chi connectivity index (χ2n) is 8.21. The summed E-state index contributed by atoms with van der Waals surface area (Å²) in [6.07, 6.45) is 11.8. The first-order valence-corrected chi connectivity index (χ1v) is 10.2. The Morgan fingerprint density at radius 1 is 1.04 bits per heavy atom. The number of anilines is 1. The van der Waals surface area contributed by atoms with E-state index in [-0.39, 0.29) is 5.54 Å². The van der Waals surface area contributed by atoms with Gasteiger partial charge in [-0.1, -0.05) is 32.1 Å². The minimum absolute atomic E-state index is 0.182. The van der Waals surface area contributed by atoms with Gasteiger partial charge in [0, 0.05) is 17.5 Å². The summed E-state index contributed by atoms with van der Waals surface area (Å²) in [6, 6.07) is 8.65. The van der Waals surface area contributed by atoms with Gasteiger partial charge in [0.2, 0.25) is 5.95 Å². The van der Waals surface area contributed by atoms with Crippen molar-refractivity contribution in [3.63, 3.8) is 0 Å². The summed E-state index contributed by atoms with van der Waals surface area (Å²) in [4.78, 5) is 4.92. The van der Waals surface area contributed by atoms with Gasteiger partial charge in [-0.25, -0.2) is 4.68 Å². The number of fused-ring (bicyclic) bond motifs is 4. The van der Waals surface area contributed by atoms with Crippen LogP contribution < -0.4 is 10.1 Å². The Kier molecular flexibility index (Phi) is 3.91. The van der Waals surface area contributed by atoms with Gasteiger partial charge in [0.15, 0.2) is 5.82 Å². The number of nitrogens with zero attached hydrogens (tertiary/aromatic N) is 3. The van der Waals surface area contributed by atoms with Crippen LogP contribution in [-0.4, -0.2) is 27.9 Å². The maximum atomic E-state index is 5.28. The van der Waals surface area contributed by atoms with Crippen molar-refractivity contribution in [2.24, 2.45) is 5.92 Å². The van der Waals surface area contributed by atoms with E-state index in [1.54, 1.807) is 7.11 Å². The molecule has 2 atom stereocenters. The highest BCUT2D eigenvalue weighted by Crippen LogP contribution is 2.51. The molecule has 2 unspecified atom stereocenters. The predicted molar refractivity (Wildman–Crippen MR) is 102 cm³/mol. The minimum atomic E-state index is 0.182. The fraction of sp³-hybridized carbons (Fsp3) is 0.619. The fourth-order valence-electron chi connectivity index (χ4n) is 5.59. The molecule has 2 aliphatic carbocycles. The van der Waals surface area contributed by atoms with Crippen molar-refractivity contribution in [2.75, 3.05) is 12.4 Å². The molecule has 0 amide bonds. The van der Waals surface area contributed by atoms with Crippen LogP contribution in [0.2, 0.25) is 0 Å². The summed E-state index contributed by atoms with van der Waals surface area (Å²) in [5.74, 6) is 3.39. The molecule has 2 fully saturated rings. The van der Waals surface area contributed by atoms with Gasteiger partial charge in [-0.2, -0.15) is 4.98 Å². The number of aromatic nitrogens is 3. The third-order valence-electron chi connectivity index (χ3n) is 6.87. The number of ether oxygens (including phenoxy) is 1. The van der Waals surface area contributed by atoms with Crippen LogP contribution in [0, 0.1) is 5.92 Å². The van der Waals surface area contributed by atoms with Crippen LogP contribution in [0.1, 0.15) is 57.8 Å². The van der Waals surface area contributed by atoms with Crippen LogP contribution in [0.3, 0.4) is 0 Å². The number of methoxy groups -OCH3 is 1. The third kappa shape index (κ3) is 2.43. The van der Waals surface area contributed by atoms with E-state index in [0.717, 1.165) is 23.1 Å². The van der Waals surface area contributed by atoms with Crippen molar-refractivity contribution < 1.29 is 4.74 Å². The highest BCUT2D eigenvalue weighted by molar-refractivity contribution is 5.58. The molecule has 0 radical (unpaired) electrons. The van der Waals surface area contributed by atoms with Crippen LogP contribution in [-0.2, 0) is 5.54 Å². The lowest BCUT2D eigenvalue weighted by Crippen LogP contribution is -2.55. The van der Waals surface area contributed by atoms with Crippen molar-refractivity contribution in [3.8, 4) is 17.1 Å². The molecule has 5 heteroatoms. The largest absolute Gasteiger partial charge is 0.497 e. The van der Waals surface area contributed by atoms with Crippen molar-refractivity contribution in [1.29, 1.82) is 0 Å². The molecule has 2 saturated carbocycles. The molecule has 1 N–H and O–H groups in total. The predicted octanol–water partition coefficient (Wildman–Crippen LogP) is 4.60. The third-order valence-corrected chi connectivity index (χ3v) is 6.87. The first-order chi connectivity index (χ1) is 12.8. The summed E-state index contributed by atoms with van der Waals surface area (Å²) in [5.41, 5.74) is 1.24. The number of hydrogen-bond donors (Lipinski definition) is 1. The molecular formula is C21H28N4O. The normalized spacial score (nSPS) is 26.7. The van der Waals surface area contributed by atoms with Crippen molar-refractivity contribution in [1.82, 2.24) is 14.8 Å². The molecular weight excluding hydrogens is 324 g/mol. The second kappa shape index (κ2) is 6.29. The van der Waals surface area contributed by atoms with Crippen molar-refractivity contribution in [2.45, 2.75) is 69.4 Å². The van der Waals surface area contributed by atoms with Crippen molar-refractivity contribution >= 4 is 5.95 Å². The zero-order valence-corrected chi connectivity index (χ0v) is 15.6. The van der Waals surface area contributed by atoms with Crippen LogP contribution in [0.5, 0.6) is 5.75 Å². The molecule has 5 nitrogen and oxygen atoms in total. The Morgan fingerprint density at radius 2 is 1.81 bits per heavy atom. The summed E-state index contributed by atoms with van der Waals surface area (Å²) in [7, 11) is 1.70. The molecule has 1 aromatic heterocycles. The fourth-order valence-corrected chi connectivity index (χ4v) is 5.59. The van der Waals surface area contributed by atoms with E-state index in [2.05, 4.69) is 22.1 Å². The molecule has 1 spiro atoms. The number of benzene rings is 1. The Balaban J connectivity index is 1.58. The number of nitrogens with one attached hydrogen (secondary N) is 1. The molecule has 0 saturated heterocycles. The standard InChI is InChI=1S/C21H28N4O/c1-26-16-11-9-15(10-12-16)19-23-20-22-18-8-4-3-7-17(18)21(25(20)24-19)13-5-2-6-14-21/h9-12,17-18H,2-8,13-14H2,1H3,(H,22,23,24). The van der Waals surface area contributed by atoms with Gasteiger partial charge in [-0.3, -0.25) is 0 Å². The van der Waals surface area contributed by atoms with Gasteiger partial charge in [0.25, 0.3) is 0 Å². The minimum Gasteiger partial charge on any atom is -0.497 e. The monoisotopic (exact) mass is 352 g/mol. The van der Waals surface area contributed by atoms with E-state index in [4.69, 9.17) is 14.8 Å². The summed E-state index contributed by atoms with van der Waals surface area (Å²) < 4.78 is 7.57.